The third-order valence-corrected chi connectivity index (χ3v) is 1.54. The van der Waals surface area contributed by atoms with E-state index in [4.69, 9.17) is 5.11 Å². The Labute approximate surface area is 68.2 Å². The lowest BCUT2D eigenvalue weighted by Crippen LogP contribution is -2.09. The Morgan fingerprint density at radius 3 is 2.25 bits per heavy atom. The summed E-state index contributed by atoms with van der Waals surface area (Å²) in [6.07, 6.45) is -4.38. The molecule has 0 fully saturated rings. The number of aromatic hydroxyl groups is 1. The molecule has 0 amide bonds. The van der Waals surface area contributed by atoms with Gasteiger partial charge in [-0.25, -0.2) is 0 Å². The molecule has 0 saturated carbocycles. The van der Waals surface area contributed by atoms with Gasteiger partial charge in [-0.1, -0.05) is 12.1 Å². The van der Waals surface area contributed by atoms with Gasteiger partial charge >= 0.3 is 6.18 Å². The van der Waals surface area contributed by atoms with Crippen molar-refractivity contribution in [2.24, 2.45) is 0 Å². The van der Waals surface area contributed by atoms with Crippen molar-refractivity contribution >= 4 is 13.3 Å². The SMILES string of the molecule is Bc1ccc(C(F)(F)F)cc1O. The number of benzene rings is 1. The summed E-state index contributed by atoms with van der Waals surface area (Å²) in [5.74, 6) is -0.329. The van der Waals surface area contributed by atoms with Gasteiger partial charge in [0.15, 0.2) is 0 Å². The van der Waals surface area contributed by atoms with Crippen molar-refractivity contribution < 1.29 is 18.3 Å². The van der Waals surface area contributed by atoms with Crippen molar-refractivity contribution in [2.75, 3.05) is 0 Å². The second kappa shape index (κ2) is 2.73. The Morgan fingerprint density at radius 2 is 1.83 bits per heavy atom. The molecular weight excluding hydrogens is 168 g/mol. The Morgan fingerprint density at radius 1 is 1.25 bits per heavy atom. The summed E-state index contributed by atoms with van der Waals surface area (Å²) in [5, 5.41) is 8.96. The highest BCUT2D eigenvalue weighted by Crippen LogP contribution is 2.30. The van der Waals surface area contributed by atoms with Crippen LogP contribution >= 0.6 is 0 Å². The molecule has 5 heteroatoms. The van der Waals surface area contributed by atoms with Gasteiger partial charge in [0.25, 0.3) is 0 Å². The molecule has 0 atom stereocenters. The molecule has 0 heterocycles. The summed E-state index contributed by atoms with van der Waals surface area (Å²) in [6, 6.07) is 2.89. The van der Waals surface area contributed by atoms with Gasteiger partial charge in [0.2, 0.25) is 0 Å². The van der Waals surface area contributed by atoms with E-state index >= 15 is 0 Å². The first-order chi connectivity index (χ1) is 5.41. The topological polar surface area (TPSA) is 20.2 Å². The first-order valence-corrected chi connectivity index (χ1v) is 3.28. The Kier molecular flexibility index (Phi) is 2.04. The molecular formula is C7H6BF3O. The van der Waals surface area contributed by atoms with Crippen LogP contribution in [0.2, 0.25) is 0 Å². The van der Waals surface area contributed by atoms with E-state index in [2.05, 4.69) is 0 Å². The van der Waals surface area contributed by atoms with Crippen LogP contribution in [0.4, 0.5) is 13.2 Å². The van der Waals surface area contributed by atoms with Gasteiger partial charge in [-0.2, -0.15) is 13.2 Å². The van der Waals surface area contributed by atoms with Crippen LogP contribution in [0.5, 0.6) is 5.75 Å². The zero-order valence-electron chi connectivity index (χ0n) is 6.31. The van der Waals surface area contributed by atoms with Crippen LogP contribution in [0, 0.1) is 0 Å². The van der Waals surface area contributed by atoms with E-state index in [1.54, 1.807) is 0 Å². The summed E-state index contributed by atoms with van der Waals surface area (Å²) >= 11 is 0. The Bertz CT molecular complexity index is 295. The second-order valence-electron chi connectivity index (χ2n) is 2.50. The number of halogens is 3. The quantitative estimate of drug-likeness (QED) is 0.573. The maximum Gasteiger partial charge on any atom is 0.416 e. The van der Waals surface area contributed by atoms with Crippen molar-refractivity contribution in [3.63, 3.8) is 0 Å². The number of alkyl halides is 3. The number of phenols is 1. The molecule has 1 aromatic rings. The summed E-state index contributed by atoms with van der Waals surface area (Å²) in [4.78, 5) is 0. The van der Waals surface area contributed by atoms with E-state index in [-0.39, 0.29) is 5.75 Å². The minimum Gasteiger partial charge on any atom is -0.509 e. The van der Waals surface area contributed by atoms with Crippen LogP contribution in [0.3, 0.4) is 0 Å². The molecule has 0 aromatic heterocycles. The highest BCUT2D eigenvalue weighted by molar-refractivity contribution is 6.34. The van der Waals surface area contributed by atoms with Crippen LogP contribution in [0.25, 0.3) is 0 Å². The molecule has 12 heavy (non-hydrogen) atoms. The third-order valence-electron chi connectivity index (χ3n) is 1.54. The van der Waals surface area contributed by atoms with Crippen LogP contribution in [-0.2, 0) is 6.18 Å². The monoisotopic (exact) mass is 174 g/mol. The highest BCUT2D eigenvalue weighted by Gasteiger charge is 2.30. The summed E-state index contributed by atoms with van der Waals surface area (Å²) in [5.41, 5.74) is -0.395. The maximum absolute atomic E-state index is 12.0. The maximum atomic E-state index is 12.0. The fraction of sp³-hybridized carbons (Fsp3) is 0.143. The fourth-order valence-electron chi connectivity index (χ4n) is 0.786. The zero-order chi connectivity index (χ0) is 9.35. The van der Waals surface area contributed by atoms with E-state index in [1.807, 2.05) is 0 Å². The number of hydrogen-bond donors (Lipinski definition) is 1. The second-order valence-corrected chi connectivity index (χ2v) is 2.50. The van der Waals surface area contributed by atoms with Gasteiger partial charge in [0.05, 0.1) is 5.56 Å². The Balaban J connectivity index is 3.14. The largest absolute Gasteiger partial charge is 0.509 e. The van der Waals surface area contributed by atoms with E-state index in [0.29, 0.717) is 5.46 Å². The third kappa shape index (κ3) is 1.72. The fourth-order valence-corrected chi connectivity index (χ4v) is 0.786. The molecule has 0 saturated heterocycles. The molecule has 64 valence electrons. The normalized spacial score (nSPS) is 11.6. The predicted octanol–water partition coefficient (Wildman–Crippen LogP) is 0.669. The van der Waals surface area contributed by atoms with Crippen LogP contribution in [0.15, 0.2) is 18.2 Å². The van der Waals surface area contributed by atoms with Crippen molar-refractivity contribution in [3.8, 4) is 5.75 Å². The van der Waals surface area contributed by atoms with Crippen LogP contribution in [-0.4, -0.2) is 13.0 Å². The van der Waals surface area contributed by atoms with Crippen LogP contribution in [0.1, 0.15) is 5.56 Å². The van der Waals surface area contributed by atoms with Gasteiger partial charge in [0.1, 0.15) is 13.6 Å². The Hall–Kier alpha value is -1.13. The molecule has 1 rings (SSSR count). The highest BCUT2D eigenvalue weighted by atomic mass is 19.4. The molecule has 1 nitrogen and oxygen atoms in total. The first-order valence-electron chi connectivity index (χ1n) is 3.28. The van der Waals surface area contributed by atoms with E-state index < -0.39 is 11.7 Å². The van der Waals surface area contributed by atoms with E-state index in [0.717, 1.165) is 12.1 Å². The van der Waals surface area contributed by atoms with Crippen molar-refractivity contribution in [1.82, 2.24) is 0 Å². The van der Waals surface area contributed by atoms with E-state index in [1.165, 1.54) is 13.9 Å². The van der Waals surface area contributed by atoms with Gasteiger partial charge in [0, 0.05) is 0 Å². The smallest absolute Gasteiger partial charge is 0.416 e. The number of phenolic OH excluding ortho intramolecular Hbond substituents is 1. The summed E-state index contributed by atoms with van der Waals surface area (Å²) < 4.78 is 36.0. The first kappa shape index (κ1) is 8.97. The lowest BCUT2D eigenvalue weighted by molar-refractivity contribution is -0.137. The molecule has 0 bridgehead atoms. The minimum atomic E-state index is -4.38. The van der Waals surface area contributed by atoms with Gasteiger partial charge in [-0.05, 0) is 11.5 Å². The standard InChI is InChI=1S/C7H6BF3O/c8-5-2-1-4(3-6(5)12)7(9,10)11/h1-3,12H,8H2. The molecule has 0 aliphatic heterocycles. The molecule has 1 aromatic carbocycles. The molecule has 1 N–H and O–H groups in total. The van der Waals surface area contributed by atoms with Crippen LogP contribution < -0.4 is 5.46 Å². The average Bonchev–Trinajstić information content (AvgIpc) is 1.92. The average molecular weight is 174 g/mol. The lowest BCUT2D eigenvalue weighted by atomic mass is 9.94. The van der Waals surface area contributed by atoms with Crippen molar-refractivity contribution in [1.29, 1.82) is 0 Å². The van der Waals surface area contributed by atoms with Crippen molar-refractivity contribution in [3.05, 3.63) is 23.8 Å². The molecule has 0 spiro atoms. The van der Waals surface area contributed by atoms with Gasteiger partial charge < -0.3 is 5.11 Å². The summed E-state index contributed by atoms with van der Waals surface area (Å²) in [7, 11) is 1.54. The van der Waals surface area contributed by atoms with Gasteiger partial charge in [-0.3, -0.25) is 0 Å². The molecule has 0 aliphatic rings. The lowest BCUT2D eigenvalue weighted by Gasteiger charge is -2.07. The number of rotatable bonds is 0. The summed E-state index contributed by atoms with van der Waals surface area (Å²) in [6.45, 7) is 0. The minimum absolute atomic E-state index is 0.329. The zero-order valence-corrected chi connectivity index (χ0v) is 6.31. The molecule has 0 radical (unpaired) electrons. The van der Waals surface area contributed by atoms with Crippen molar-refractivity contribution in [2.45, 2.75) is 6.18 Å². The predicted molar refractivity (Wildman–Crippen MR) is 41.3 cm³/mol. The molecule has 0 aliphatic carbocycles. The molecule has 0 unspecified atom stereocenters. The van der Waals surface area contributed by atoms with E-state index in [9.17, 15) is 13.2 Å². The van der Waals surface area contributed by atoms with Gasteiger partial charge in [-0.15, -0.1) is 0 Å². The number of hydrogen-bond acceptors (Lipinski definition) is 1.